The van der Waals surface area contributed by atoms with E-state index < -0.39 is 7.12 Å². The lowest BCUT2D eigenvalue weighted by molar-refractivity contribution is 0.425. The van der Waals surface area contributed by atoms with Crippen LogP contribution < -0.4 is 5.46 Å². The van der Waals surface area contributed by atoms with Crippen molar-refractivity contribution in [2.75, 3.05) is 0 Å². The topological polar surface area (TPSA) is 53.4 Å². The summed E-state index contributed by atoms with van der Waals surface area (Å²) in [6, 6.07) is 1.57. The van der Waals surface area contributed by atoms with Crippen molar-refractivity contribution in [3.8, 4) is 12.3 Å². The van der Waals surface area contributed by atoms with Crippen LogP contribution in [0.5, 0.6) is 0 Å². The molecule has 12 heavy (non-hydrogen) atoms. The molecule has 0 aliphatic heterocycles. The van der Waals surface area contributed by atoms with Gasteiger partial charge in [0.2, 0.25) is 0 Å². The Bertz CT molecular complexity index is 330. The summed E-state index contributed by atoms with van der Waals surface area (Å²) in [4.78, 5) is 3.89. The second kappa shape index (κ2) is 3.39. The number of aromatic nitrogens is 1. The van der Waals surface area contributed by atoms with E-state index in [1.807, 2.05) is 0 Å². The molecule has 0 saturated carbocycles. The summed E-state index contributed by atoms with van der Waals surface area (Å²) in [6.07, 6.45) is 6.70. The fourth-order valence-corrected chi connectivity index (χ4v) is 1.03. The van der Waals surface area contributed by atoms with E-state index in [1.54, 1.807) is 13.0 Å². The molecule has 1 rings (SSSR count). The monoisotopic (exact) mass is 161 g/mol. The smallest absolute Gasteiger partial charge is 0.423 e. The van der Waals surface area contributed by atoms with Gasteiger partial charge in [-0.3, -0.25) is 4.98 Å². The van der Waals surface area contributed by atoms with Crippen LogP contribution in [0.15, 0.2) is 12.3 Å². The maximum absolute atomic E-state index is 8.94. The molecule has 2 N–H and O–H groups in total. The summed E-state index contributed by atoms with van der Waals surface area (Å²) in [6.45, 7) is 1.68. The highest BCUT2D eigenvalue weighted by Crippen LogP contribution is 1.96. The Balaban J connectivity index is 3.32. The first kappa shape index (κ1) is 8.79. The molecular formula is C8H8BNO2. The van der Waals surface area contributed by atoms with E-state index in [2.05, 4.69) is 10.9 Å². The van der Waals surface area contributed by atoms with Crippen molar-refractivity contribution < 1.29 is 10.0 Å². The number of terminal acetylenes is 1. The van der Waals surface area contributed by atoms with E-state index in [0.717, 1.165) is 0 Å². The maximum atomic E-state index is 8.94. The maximum Gasteiger partial charge on any atom is 0.491 e. The highest BCUT2D eigenvalue weighted by Gasteiger charge is 2.17. The van der Waals surface area contributed by atoms with Crippen LogP contribution in [0.2, 0.25) is 0 Å². The molecule has 0 aliphatic carbocycles. The molecule has 3 nitrogen and oxygen atoms in total. The summed E-state index contributed by atoms with van der Waals surface area (Å²) >= 11 is 0. The average Bonchev–Trinajstić information content (AvgIpc) is 2.03. The molecule has 0 aliphatic rings. The van der Waals surface area contributed by atoms with Crippen LogP contribution in [-0.2, 0) is 0 Å². The molecular weight excluding hydrogens is 153 g/mol. The standard InChI is InChI=1S/C8H8BNO2/c1-3-7-4-5-10-6(2)8(7)9(11)12/h1,4-5,11-12H,2H3. The molecule has 60 valence electrons. The van der Waals surface area contributed by atoms with E-state index in [9.17, 15) is 0 Å². The van der Waals surface area contributed by atoms with Crippen LogP contribution in [0, 0.1) is 19.3 Å². The molecule has 0 amide bonds. The largest absolute Gasteiger partial charge is 0.491 e. The van der Waals surface area contributed by atoms with Crippen LogP contribution in [0.3, 0.4) is 0 Å². The van der Waals surface area contributed by atoms with Gasteiger partial charge in [0, 0.05) is 22.9 Å². The van der Waals surface area contributed by atoms with E-state index in [-0.39, 0.29) is 0 Å². The van der Waals surface area contributed by atoms with E-state index in [1.165, 1.54) is 6.20 Å². The molecule has 1 aromatic rings. The Morgan fingerprint density at radius 2 is 2.25 bits per heavy atom. The first-order valence-electron chi connectivity index (χ1n) is 3.45. The first-order chi connectivity index (χ1) is 5.66. The van der Waals surface area contributed by atoms with Gasteiger partial charge in [0.1, 0.15) is 0 Å². The van der Waals surface area contributed by atoms with Crippen molar-refractivity contribution in [3.63, 3.8) is 0 Å². The second-order valence-electron chi connectivity index (χ2n) is 2.38. The molecule has 0 saturated heterocycles. The lowest BCUT2D eigenvalue weighted by Gasteiger charge is -2.05. The van der Waals surface area contributed by atoms with Crippen LogP contribution >= 0.6 is 0 Å². The van der Waals surface area contributed by atoms with Crippen molar-refractivity contribution in [1.29, 1.82) is 0 Å². The zero-order valence-corrected chi connectivity index (χ0v) is 6.65. The molecule has 0 atom stereocenters. The fraction of sp³-hybridized carbons (Fsp3) is 0.125. The Kier molecular flexibility index (Phi) is 2.49. The van der Waals surface area contributed by atoms with Gasteiger partial charge in [-0.25, -0.2) is 0 Å². The van der Waals surface area contributed by atoms with Gasteiger partial charge in [-0.1, -0.05) is 5.92 Å². The Hall–Kier alpha value is -1.31. The molecule has 4 heteroatoms. The summed E-state index contributed by atoms with van der Waals surface area (Å²) in [5, 5.41) is 17.9. The van der Waals surface area contributed by atoms with Crippen LogP contribution in [0.1, 0.15) is 11.3 Å². The number of hydrogen-bond acceptors (Lipinski definition) is 3. The minimum atomic E-state index is -1.55. The zero-order valence-electron chi connectivity index (χ0n) is 6.65. The van der Waals surface area contributed by atoms with Crippen molar-refractivity contribution in [2.24, 2.45) is 0 Å². The number of hydrogen-bond donors (Lipinski definition) is 2. The predicted molar refractivity (Wildman–Crippen MR) is 46.7 cm³/mol. The summed E-state index contributed by atoms with van der Waals surface area (Å²) in [5.74, 6) is 2.36. The Morgan fingerprint density at radius 1 is 1.58 bits per heavy atom. The minimum Gasteiger partial charge on any atom is -0.423 e. The first-order valence-corrected chi connectivity index (χ1v) is 3.45. The number of nitrogens with zero attached hydrogens (tertiary/aromatic N) is 1. The van der Waals surface area contributed by atoms with Crippen LogP contribution in [-0.4, -0.2) is 22.2 Å². The Labute approximate surface area is 71.2 Å². The minimum absolute atomic E-state index is 0.306. The molecule has 0 aromatic carbocycles. The Morgan fingerprint density at radius 3 is 2.67 bits per heavy atom. The predicted octanol–water partition coefficient (Wildman–Crippen LogP) is -0.949. The van der Waals surface area contributed by atoms with E-state index in [4.69, 9.17) is 16.5 Å². The molecule has 0 fully saturated rings. The molecule has 0 unspecified atom stereocenters. The lowest BCUT2D eigenvalue weighted by Crippen LogP contribution is -2.35. The summed E-state index contributed by atoms with van der Waals surface area (Å²) in [5.41, 5.74) is 1.32. The van der Waals surface area contributed by atoms with Gasteiger partial charge in [0.05, 0.1) is 0 Å². The fourth-order valence-electron chi connectivity index (χ4n) is 1.03. The SMILES string of the molecule is C#Cc1ccnc(C)c1B(O)O. The highest BCUT2D eigenvalue weighted by molar-refractivity contribution is 6.59. The third-order valence-corrected chi connectivity index (χ3v) is 1.60. The molecule has 0 bridgehead atoms. The molecule has 0 spiro atoms. The van der Waals surface area contributed by atoms with Crippen molar-refractivity contribution in [1.82, 2.24) is 4.98 Å². The van der Waals surface area contributed by atoms with Crippen LogP contribution in [0.4, 0.5) is 0 Å². The van der Waals surface area contributed by atoms with Crippen molar-refractivity contribution >= 4 is 12.6 Å². The van der Waals surface area contributed by atoms with Crippen molar-refractivity contribution in [3.05, 3.63) is 23.5 Å². The van der Waals surface area contributed by atoms with Gasteiger partial charge in [0.25, 0.3) is 0 Å². The summed E-state index contributed by atoms with van der Waals surface area (Å²) in [7, 11) is -1.55. The third kappa shape index (κ3) is 1.47. The zero-order chi connectivity index (χ0) is 9.14. The van der Waals surface area contributed by atoms with Gasteiger partial charge in [-0.05, 0) is 13.0 Å². The molecule has 0 radical (unpaired) electrons. The number of aryl methyl sites for hydroxylation is 1. The number of pyridine rings is 1. The van der Waals surface area contributed by atoms with Gasteiger partial charge >= 0.3 is 7.12 Å². The van der Waals surface area contributed by atoms with Gasteiger partial charge in [0.15, 0.2) is 0 Å². The second-order valence-corrected chi connectivity index (χ2v) is 2.38. The van der Waals surface area contributed by atoms with E-state index in [0.29, 0.717) is 16.7 Å². The van der Waals surface area contributed by atoms with Crippen LogP contribution in [0.25, 0.3) is 0 Å². The average molecular weight is 161 g/mol. The highest BCUT2D eigenvalue weighted by atomic mass is 16.4. The molecule has 1 heterocycles. The molecule has 1 aromatic heterocycles. The van der Waals surface area contributed by atoms with Gasteiger partial charge in [-0.15, -0.1) is 6.42 Å². The quantitative estimate of drug-likeness (QED) is 0.412. The van der Waals surface area contributed by atoms with Gasteiger partial charge in [-0.2, -0.15) is 0 Å². The van der Waals surface area contributed by atoms with Gasteiger partial charge < -0.3 is 10.0 Å². The van der Waals surface area contributed by atoms with Crippen molar-refractivity contribution in [2.45, 2.75) is 6.92 Å². The normalized spacial score (nSPS) is 9.17. The lowest BCUT2D eigenvalue weighted by atomic mass is 9.76. The third-order valence-electron chi connectivity index (χ3n) is 1.60. The number of rotatable bonds is 1. The van der Waals surface area contributed by atoms with E-state index >= 15 is 0 Å². The summed E-state index contributed by atoms with van der Waals surface area (Å²) < 4.78 is 0.